The zero-order valence-electron chi connectivity index (χ0n) is 10.3. The first-order valence-corrected chi connectivity index (χ1v) is 6.66. The van der Waals surface area contributed by atoms with Gasteiger partial charge < -0.3 is 4.90 Å². The Morgan fingerprint density at radius 2 is 1.89 bits per heavy atom. The smallest absolute Gasteiger partial charge is 0.287 e. The molecule has 18 heavy (non-hydrogen) atoms. The highest BCUT2D eigenvalue weighted by Gasteiger charge is 2.34. The fraction of sp³-hybridized carbons (Fsp3) is 0.538. The van der Waals surface area contributed by atoms with E-state index < -0.39 is 0 Å². The van der Waals surface area contributed by atoms with Crippen LogP contribution < -0.4 is 10.5 Å². The Morgan fingerprint density at radius 3 is 2.50 bits per heavy atom. The summed E-state index contributed by atoms with van der Waals surface area (Å²) in [4.78, 5) is 14.0. The van der Waals surface area contributed by atoms with Gasteiger partial charge >= 0.3 is 0 Å². The molecular weight excluding hydrogens is 250 g/mol. The van der Waals surface area contributed by atoms with Crippen LogP contribution in [0.5, 0.6) is 0 Å². The molecule has 0 N–H and O–H groups in total. The summed E-state index contributed by atoms with van der Waals surface area (Å²) in [6.45, 7) is 1.95. The second-order valence-corrected chi connectivity index (χ2v) is 5.52. The van der Waals surface area contributed by atoms with Crippen LogP contribution in [0, 0.1) is 11.8 Å². The Morgan fingerprint density at radius 1 is 1.28 bits per heavy atom. The lowest BCUT2D eigenvalue weighted by Gasteiger charge is -2.19. The van der Waals surface area contributed by atoms with Crippen LogP contribution in [0.25, 0.3) is 0 Å². The molecule has 1 fully saturated rings. The quantitative estimate of drug-likeness (QED) is 0.727. The van der Waals surface area contributed by atoms with Gasteiger partial charge in [0.1, 0.15) is 5.02 Å². The molecule has 1 aliphatic heterocycles. The summed E-state index contributed by atoms with van der Waals surface area (Å²) in [5.74, 6) is 1.38. The van der Waals surface area contributed by atoms with E-state index in [2.05, 4.69) is 22.2 Å². The minimum atomic E-state index is -0.220. The van der Waals surface area contributed by atoms with E-state index in [9.17, 15) is 4.79 Å². The molecule has 0 amide bonds. The van der Waals surface area contributed by atoms with Gasteiger partial charge in [-0.05, 0) is 24.7 Å². The minimum Gasteiger partial charge on any atom is -0.368 e. The van der Waals surface area contributed by atoms with Crippen LogP contribution >= 0.6 is 11.6 Å². The van der Waals surface area contributed by atoms with E-state index in [-0.39, 0.29) is 5.56 Å². The predicted octanol–water partition coefficient (Wildman–Crippen LogP) is 1.84. The lowest BCUT2D eigenvalue weighted by Crippen LogP contribution is -2.26. The topological polar surface area (TPSA) is 38.1 Å². The molecule has 1 aromatic heterocycles. The molecule has 2 atom stereocenters. The summed E-state index contributed by atoms with van der Waals surface area (Å²) in [6, 6.07) is 0. The van der Waals surface area contributed by atoms with Crippen LogP contribution in [0.15, 0.2) is 23.1 Å². The van der Waals surface area contributed by atoms with Crippen molar-refractivity contribution in [1.82, 2.24) is 9.78 Å². The first-order valence-electron chi connectivity index (χ1n) is 6.28. The lowest BCUT2D eigenvalue weighted by atomic mass is 9.86. The highest BCUT2D eigenvalue weighted by atomic mass is 35.5. The van der Waals surface area contributed by atoms with Crippen molar-refractivity contribution in [2.75, 3.05) is 18.0 Å². The average molecular weight is 266 g/mol. The van der Waals surface area contributed by atoms with E-state index in [1.807, 2.05) is 0 Å². The summed E-state index contributed by atoms with van der Waals surface area (Å²) in [5, 5.41) is 4.35. The summed E-state index contributed by atoms with van der Waals surface area (Å²) in [5.41, 5.74) is 0.566. The number of hydrogen-bond acceptors (Lipinski definition) is 3. The van der Waals surface area contributed by atoms with Gasteiger partial charge in [0.25, 0.3) is 5.56 Å². The number of halogens is 1. The highest BCUT2D eigenvalue weighted by molar-refractivity contribution is 6.33. The molecule has 0 radical (unpaired) electrons. The van der Waals surface area contributed by atoms with E-state index in [0.717, 1.165) is 31.6 Å². The van der Waals surface area contributed by atoms with Crippen molar-refractivity contribution in [2.24, 2.45) is 18.9 Å². The van der Waals surface area contributed by atoms with Gasteiger partial charge in [0.2, 0.25) is 0 Å². The van der Waals surface area contributed by atoms with Gasteiger partial charge in [-0.1, -0.05) is 23.8 Å². The van der Waals surface area contributed by atoms with E-state index >= 15 is 0 Å². The summed E-state index contributed by atoms with van der Waals surface area (Å²) in [7, 11) is 1.62. The number of nitrogens with zero attached hydrogens (tertiary/aromatic N) is 3. The van der Waals surface area contributed by atoms with Gasteiger partial charge in [0.05, 0.1) is 11.9 Å². The first kappa shape index (κ1) is 11.8. The highest BCUT2D eigenvalue weighted by Crippen LogP contribution is 2.36. The average Bonchev–Trinajstić information content (AvgIpc) is 2.79. The molecule has 0 spiro atoms. The molecule has 4 nitrogen and oxygen atoms in total. The molecule has 1 saturated heterocycles. The molecular formula is C13H16ClN3O. The maximum Gasteiger partial charge on any atom is 0.287 e. The van der Waals surface area contributed by atoms with Gasteiger partial charge in [-0.25, -0.2) is 4.68 Å². The number of fused-ring (bicyclic) bond motifs is 1. The molecule has 96 valence electrons. The van der Waals surface area contributed by atoms with Crippen molar-refractivity contribution in [1.29, 1.82) is 0 Å². The zero-order chi connectivity index (χ0) is 12.7. The third-order valence-corrected chi connectivity index (χ3v) is 4.38. The van der Waals surface area contributed by atoms with Gasteiger partial charge in [-0.3, -0.25) is 4.79 Å². The summed E-state index contributed by atoms with van der Waals surface area (Å²) >= 11 is 6.15. The number of hydrogen-bond donors (Lipinski definition) is 0. The normalized spacial score (nSPS) is 26.4. The second-order valence-electron chi connectivity index (χ2n) is 5.14. The van der Waals surface area contributed by atoms with Crippen molar-refractivity contribution < 1.29 is 0 Å². The van der Waals surface area contributed by atoms with E-state index in [1.165, 1.54) is 4.68 Å². The number of aromatic nitrogens is 2. The van der Waals surface area contributed by atoms with Crippen molar-refractivity contribution in [3.05, 3.63) is 33.7 Å². The Hall–Kier alpha value is -1.29. The van der Waals surface area contributed by atoms with Crippen LogP contribution in [-0.2, 0) is 7.05 Å². The molecule has 0 saturated carbocycles. The van der Waals surface area contributed by atoms with Crippen LogP contribution in [0.1, 0.15) is 12.8 Å². The van der Waals surface area contributed by atoms with Gasteiger partial charge in [-0.2, -0.15) is 5.10 Å². The minimum absolute atomic E-state index is 0.220. The molecule has 1 aliphatic carbocycles. The van der Waals surface area contributed by atoms with Gasteiger partial charge in [0, 0.05) is 20.1 Å². The predicted molar refractivity (Wildman–Crippen MR) is 72.1 cm³/mol. The molecule has 2 unspecified atom stereocenters. The second kappa shape index (κ2) is 4.43. The number of allylic oxidation sites excluding steroid dienone is 2. The number of rotatable bonds is 1. The van der Waals surface area contributed by atoms with Crippen molar-refractivity contribution >= 4 is 17.3 Å². The fourth-order valence-corrected chi connectivity index (χ4v) is 3.22. The van der Waals surface area contributed by atoms with Gasteiger partial charge in [-0.15, -0.1) is 0 Å². The van der Waals surface area contributed by atoms with Crippen LogP contribution in [0.2, 0.25) is 5.02 Å². The van der Waals surface area contributed by atoms with Crippen molar-refractivity contribution in [3.63, 3.8) is 0 Å². The Bertz CT molecular complexity index is 536. The molecule has 2 aliphatic rings. The van der Waals surface area contributed by atoms with E-state index in [1.54, 1.807) is 13.2 Å². The van der Waals surface area contributed by atoms with Crippen molar-refractivity contribution in [3.8, 4) is 0 Å². The maximum atomic E-state index is 11.8. The molecule has 2 heterocycles. The lowest BCUT2D eigenvalue weighted by molar-refractivity contribution is 0.411. The maximum absolute atomic E-state index is 11.8. The number of anilines is 1. The van der Waals surface area contributed by atoms with Crippen LogP contribution in [0.3, 0.4) is 0 Å². The van der Waals surface area contributed by atoms with E-state index in [0.29, 0.717) is 16.9 Å². The SMILES string of the molecule is Cn1ncc(N2CC3CC=CCC3C2)c(Cl)c1=O. The van der Waals surface area contributed by atoms with Crippen molar-refractivity contribution in [2.45, 2.75) is 12.8 Å². The zero-order valence-corrected chi connectivity index (χ0v) is 11.1. The third-order valence-electron chi connectivity index (χ3n) is 4.02. The molecule has 5 heteroatoms. The molecule has 1 aromatic rings. The van der Waals surface area contributed by atoms with Gasteiger partial charge in [0.15, 0.2) is 0 Å². The van der Waals surface area contributed by atoms with Crippen LogP contribution in [0.4, 0.5) is 5.69 Å². The molecule has 3 rings (SSSR count). The Balaban J connectivity index is 1.89. The summed E-state index contributed by atoms with van der Waals surface area (Å²) in [6.07, 6.45) is 8.49. The Kier molecular flexibility index (Phi) is 2.90. The molecule has 0 aromatic carbocycles. The Labute approximate surface area is 111 Å². The van der Waals surface area contributed by atoms with E-state index in [4.69, 9.17) is 11.6 Å². The third kappa shape index (κ3) is 1.85. The monoisotopic (exact) mass is 265 g/mol. The first-order chi connectivity index (χ1) is 8.66. The van der Waals surface area contributed by atoms with Crippen LogP contribution in [-0.4, -0.2) is 22.9 Å². The number of aryl methyl sites for hydroxylation is 1. The standard InChI is InChI=1S/C13H16ClN3O/c1-16-13(18)12(14)11(6-15-16)17-7-9-4-2-3-5-10(9)8-17/h2-3,6,9-10H,4-5,7-8H2,1H3. The largest absolute Gasteiger partial charge is 0.368 e. The summed E-state index contributed by atoms with van der Waals surface area (Å²) < 4.78 is 1.27. The molecule has 0 bridgehead atoms. The fourth-order valence-electron chi connectivity index (χ4n) is 2.93.